The number of ether oxygens (including phenoxy) is 4. The molecule has 28 heavy (non-hydrogen) atoms. The maximum atomic E-state index is 6.30. The molecule has 156 valence electrons. The van der Waals surface area contributed by atoms with E-state index in [1.165, 1.54) is 0 Å². The number of nitrogens with zero attached hydrogens (tertiary/aromatic N) is 1. The van der Waals surface area contributed by atoms with E-state index in [-0.39, 0.29) is 6.10 Å². The molecule has 0 amide bonds. The van der Waals surface area contributed by atoms with Crippen LogP contribution in [0.4, 0.5) is 0 Å². The maximum Gasteiger partial charge on any atom is 0.191 e. The van der Waals surface area contributed by atoms with Gasteiger partial charge < -0.3 is 29.6 Å². The van der Waals surface area contributed by atoms with Crippen molar-refractivity contribution in [1.29, 1.82) is 0 Å². The molecule has 2 aliphatic rings. The molecule has 2 N–H and O–H groups in total. The first kappa shape index (κ1) is 21.0. The van der Waals surface area contributed by atoms with Gasteiger partial charge in [-0.05, 0) is 43.9 Å². The van der Waals surface area contributed by atoms with Crippen molar-refractivity contribution in [2.24, 2.45) is 4.99 Å². The molecule has 0 aromatic heterocycles. The Kier molecular flexibility index (Phi) is 8.51. The van der Waals surface area contributed by atoms with Crippen LogP contribution in [0.5, 0.6) is 11.5 Å². The molecular weight excluding hydrogens is 382 g/mol. The Labute approximate surface area is 171 Å². The standard InChI is InChI=1S/C20H30ClN3O4/c1-2-22-20(23-6-3-8-26-16-5-9-25-14-16)24-7-4-15-12-17(21)19-18(13-15)27-10-11-28-19/h12-13,16H,2-11,14H2,1H3,(H2,22,23,24). The van der Waals surface area contributed by atoms with Crippen LogP contribution < -0.4 is 20.1 Å². The Morgan fingerprint density at radius 3 is 2.96 bits per heavy atom. The highest BCUT2D eigenvalue weighted by Gasteiger charge is 2.17. The number of fused-ring (bicyclic) bond motifs is 1. The lowest BCUT2D eigenvalue weighted by Gasteiger charge is -2.20. The van der Waals surface area contributed by atoms with Gasteiger partial charge in [-0.1, -0.05) is 11.6 Å². The predicted molar refractivity (Wildman–Crippen MR) is 110 cm³/mol. The minimum Gasteiger partial charge on any atom is -0.486 e. The fourth-order valence-electron chi connectivity index (χ4n) is 3.13. The van der Waals surface area contributed by atoms with Crippen molar-refractivity contribution in [2.45, 2.75) is 32.3 Å². The molecule has 0 bridgehead atoms. The van der Waals surface area contributed by atoms with Gasteiger partial charge in [0.05, 0.1) is 17.7 Å². The second-order valence-corrected chi connectivity index (χ2v) is 7.16. The minimum absolute atomic E-state index is 0.258. The molecule has 1 aromatic carbocycles. The number of guanidine groups is 1. The third-order valence-corrected chi connectivity index (χ3v) is 4.80. The highest BCUT2D eigenvalue weighted by atomic mass is 35.5. The smallest absolute Gasteiger partial charge is 0.191 e. The zero-order valence-electron chi connectivity index (χ0n) is 16.5. The van der Waals surface area contributed by atoms with Gasteiger partial charge in [0.15, 0.2) is 17.5 Å². The maximum absolute atomic E-state index is 6.30. The van der Waals surface area contributed by atoms with E-state index in [4.69, 9.17) is 30.5 Å². The second-order valence-electron chi connectivity index (χ2n) is 6.75. The molecule has 1 aromatic rings. The molecule has 1 saturated heterocycles. The lowest BCUT2D eigenvalue weighted by atomic mass is 10.1. The molecule has 2 heterocycles. The van der Waals surface area contributed by atoms with Crippen LogP contribution in [0.1, 0.15) is 25.3 Å². The van der Waals surface area contributed by atoms with Gasteiger partial charge in [0.1, 0.15) is 13.2 Å². The van der Waals surface area contributed by atoms with E-state index in [0.717, 1.165) is 69.4 Å². The molecule has 1 fully saturated rings. The van der Waals surface area contributed by atoms with E-state index in [0.29, 0.717) is 30.6 Å². The summed E-state index contributed by atoms with van der Waals surface area (Å²) in [5, 5.41) is 7.23. The topological polar surface area (TPSA) is 73.3 Å². The Hall–Kier alpha value is -1.70. The first-order valence-electron chi connectivity index (χ1n) is 10.1. The van der Waals surface area contributed by atoms with Crippen LogP contribution in [0.25, 0.3) is 0 Å². The molecule has 0 radical (unpaired) electrons. The summed E-state index contributed by atoms with van der Waals surface area (Å²) in [4.78, 5) is 4.61. The highest BCUT2D eigenvalue weighted by molar-refractivity contribution is 6.32. The van der Waals surface area contributed by atoms with Crippen molar-refractivity contribution in [3.63, 3.8) is 0 Å². The molecule has 0 saturated carbocycles. The van der Waals surface area contributed by atoms with Gasteiger partial charge in [-0.15, -0.1) is 0 Å². The third kappa shape index (κ3) is 6.43. The Morgan fingerprint density at radius 1 is 1.25 bits per heavy atom. The van der Waals surface area contributed by atoms with Crippen molar-refractivity contribution in [3.8, 4) is 11.5 Å². The van der Waals surface area contributed by atoms with E-state index in [1.807, 2.05) is 12.1 Å². The zero-order chi connectivity index (χ0) is 19.6. The van der Waals surface area contributed by atoms with E-state index >= 15 is 0 Å². The quantitative estimate of drug-likeness (QED) is 0.369. The molecular formula is C20H30ClN3O4. The molecule has 8 heteroatoms. The van der Waals surface area contributed by atoms with E-state index < -0.39 is 0 Å². The van der Waals surface area contributed by atoms with E-state index in [1.54, 1.807) is 0 Å². The SMILES string of the molecule is CCNC(=NCCCOC1CCOC1)NCCc1cc(Cl)c2c(c1)OCCO2. The van der Waals surface area contributed by atoms with Gasteiger partial charge in [0.25, 0.3) is 0 Å². The largest absolute Gasteiger partial charge is 0.486 e. The number of benzene rings is 1. The zero-order valence-corrected chi connectivity index (χ0v) is 17.2. The number of aliphatic imine (C=N–C) groups is 1. The molecule has 1 unspecified atom stereocenters. The average molecular weight is 412 g/mol. The lowest BCUT2D eigenvalue weighted by Crippen LogP contribution is -2.38. The Balaban J connectivity index is 1.40. The molecule has 2 aliphatic heterocycles. The Bertz CT molecular complexity index is 651. The summed E-state index contributed by atoms with van der Waals surface area (Å²) >= 11 is 6.30. The van der Waals surface area contributed by atoms with Crippen molar-refractivity contribution in [3.05, 3.63) is 22.7 Å². The van der Waals surface area contributed by atoms with Crippen LogP contribution in [0.2, 0.25) is 5.02 Å². The van der Waals surface area contributed by atoms with Gasteiger partial charge in [0, 0.05) is 32.8 Å². The van der Waals surface area contributed by atoms with Crippen molar-refractivity contribution in [1.82, 2.24) is 10.6 Å². The minimum atomic E-state index is 0.258. The van der Waals surface area contributed by atoms with Crippen LogP contribution >= 0.6 is 11.6 Å². The van der Waals surface area contributed by atoms with Gasteiger partial charge in [0.2, 0.25) is 0 Å². The summed E-state index contributed by atoms with van der Waals surface area (Å²) in [6.45, 7) is 7.68. The fourth-order valence-corrected chi connectivity index (χ4v) is 3.41. The monoisotopic (exact) mass is 411 g/mol. The highest BCUT2D eigenvalue weighted by Crippen LogP contribution is 2.38. The number of rotatable bonds is 9. The second kappa shape index (κ2) is 11.3. The van der Waals surface area contributed by atoms with E-state index in [9.17, 15) is 0 Å². The Morgan fingerprint density at radius 2 is 2.14 bits per heavy atom. The van der Waals surface area contributed by atoms with E-state index in [2.05, 4.69) is 22.5 Å². The first-order valence-corrected chi connectivity index (χ1v) is 10.4. The number of nitrogens with one attached hydrogen (secondary N) is 2. The molecule has 0 aliphatic carbocycles. The van der Waals surface area contributed by atoms with Gasteiger partial charge in [-0.25, -0.2) is 0 Å². The lowest BCUT2D eigenvalue weighted by molar-refractivity contribution is 0.0424. The van der Waals surface area contributed by atoms with Gasteiger partial charge >= 0.3 is 0 Å². The summed E-state index contributed by atoms with van der Waals surface area (Å²) in [6.07, 6.45) is 2.96. The summed E-state index contributed by atoms with van der Waals surface area (Å²) in [5.41, 5.74) is 1.10. The number of hydrogen-bond donors (Lipinski definition) is 2. The average Bonchev–Trinajstić information content (AvgIpc) is 3.21. The summed E-state index contributed by atoms with van der Waals surface area (Å²) in [5.74, 6) is 2.18. The summed E-state index contributed by atoms with van der Waals surface area (Å²) in [6, 6.07) is 3.93. The van der Waals surface area contributed by atoms with Crippen molar-refractivity contribution in [2.75, 3.05) is 52.7 Å². The predicted octanol–water partition coefficient (Wildman–Crippen LogP) is 2.40. The van der Waals surface area contributed by atoms with Crippen LogP contribution in [0.3, 0.4) is 0 Å². The number of halogens is 1. The number of hydrogen-bond acceptors (Lipinski definition) is 5. The van der Waals surface area contributed by atoms with Crippen LogP contribution in [0.15, 0.2) is 17.1 Å². The van der Waals surface area contributed by atoms with Gasteiger partial charge in [-0.2, -0.15) is 0 Å². The first-order chi connectivity index (χ1) is 13.8. The van der Waals surface area contributed by atoms with Crippen LogP contribution in [0, 0.1) is 0 Å². The fraction of sp³-hybridized carbons (Fsp3) is 0.650. The summed E-state index contributed by atoms with van der Waals surface area (Å²) < 4.78 is 22.3. The third-order valence-electron chi connectivity index (χ3n) is 4.52. The molecule has 7 nitrogen and oxygen atoms in total. The van der Waals surface area contributed by atoms with Crippen molar-refractivity contribution >= 4 is 17.6 Å². The van der Waals surface area contributed by atoms with Crippen molar-refractivity contribution < 1.29 is 18.9 Å². The normalized spacial score (nSPS) is 18.9. The van der Waals surface area contributed by atoms with Crippen LogP contribution in [-0.4, -0.2) is 64.7 Å². The van der Waals surface area contributed by atoms with Crippen LogP contribution in [-0.2, 0) is 15.9 Å². The molecule has 1 atom stereocenters. The molecule has 0 spiro atoms. The van der Waals surface area contributed by atoms with Gasteiger partial charge in [-0.3, -0.25) is 4.99 Å². The summed E-state index contributed by atoms with van der Waals surface area (Å²) in [7, 11) is 0. The molecule has 3 rings (SSSR count).